The molecule has 0 aromatic heterocycles. The molecule has 2 aromatic rings. The van der Waals surface area contributed by atoms with E-state index in [2.05, 4.69) is 5.32 Å². The molecule has 0 aliphatic heterocycles. The topological polar surface area (TPSA) is 75.3 Å². The number of carbonyl (C=O) groups is 1. The maximum Gasteiger partial charge on any atom is 0.245 e. The molecular formula is C16H18N2O2. The van der Waals surface area contributed by atoms with Crippen LogP contribution in [0, 0.1) is 13.8 Å². The highest BCUT2D eigenvalue weighted by atomic mass is 16.3. The number of nitrogens with two attached hydrogens (primary N) is 1. The second kappa shape index (κ2) is 5.75. The monoisotopic (exact) mass is 270 g/mol. The van der Waals surface area contributed by atoms with E-state index in [9.17, 15) is 9.90 Å². The van der Waals surface area contributed by atoms with Gasteiger partial charge in [-0.1, -0.05) is 36.4 Å². The number of carbonyl (C=O) groups excluding carboxylic acids is 1. The quantitative estimate of drug-likeness (QED) is 0.750. The Morgan fingerprint density at radius 2 is 1.85 bits per heavy atom. The standard InChI is InChI=1S/C16H18N2O2/c1-10-8-11(2)15(19)13(9-10)18-16(20)14(17)12-6-4-3-5-7-12/h3-9,14,19H,17H2,1-2H3,(H,18,20)/t14-/m1/s1. The molecule has 2 rings (SSSR count). The molecule has 0 fully saturated rings. The third-order valence-electron chi connectivity index (χ3n) is 3.14. The lowest BCUT2D eigenvalue weighted by molar-refractivity contribution is -0.117. The molecule has 1 atom stereocenters. The van der Waals surface area contributed by atoms with Gasteiger partial charge < -0.3 is 16.2 Å². The molecule has 4 N–H and O–H groups in total. The van der Waals surface area contributed by atoms with Crippen molar-refractivity contribution in [3.05, 3.63) is 59.2 Å². The van der Waals surface area contributed by atoms with E-state index < -0.39 is 6.04 Å². The maximum absolute atomic E-state index is 12.1. The summed E-state index contributed by atoms with van der Waals surface area (Å²) in [6.07, 6.45) is 0. The molecular weight excluding hydrogens is 252 g/mol. The Labute approximate surface area is 118 Å². The van der Waals surface area contributed by atoms with Crippen LogP contribution in [0.25, 0.3) is 0 Å². The summed E-state index contributed by atoms with van der Waals surface area (Å²) in [5, 5.41) is 12.6. The first-order chi connectivity index (χ1) is 9.49. The second-order valence-electron chi connectivity index (χ2n) is 4.86. The fourth-order valence-corrected chi connectivity index (χ4v) is 2.08. The first kappa shape index (κ1) is 14.1. The van der Waals surface area contributed by atoms with Gasteiger partial charge in [0.25, 0.3) is 0 Å². The number of anilines is 1. The average molecular weight is 270 g/mol. The number of amides is 1. The molecule has 104 valence electrons. The number of phenols is 1. The molecule has 1 amide bonds. The lowest BCUT2D eigenvalue weighted by Gasteiger charge is -2.15. The predicted molar refractivity (Wildman–Crippen MR) is 79.6 cm³/mol. The normalized spacial score (nSPS) is 11.9. The summed E-state index contributed by atoms with van der Waals surface area (Å²) in [6.45, 7) is 3.69. The highest BCUT2D eigenvalue weighted by molar-refractivity contribution is 5.96. The largest absolute Gasteiger partial charge is 0.505 e. The number of aryl methyl sites for hydroxylation is 2. The van der Waals surface area contributed by atoms with Crippen LogP contribution in [-0.4, -0.2) is 11.0 Å². The molecule has 20 heavy (non-hydrogen) atoms. The maximum atomic E-state index is 12.1. The summed E-state index contributed by atoms with van der Waals surface area (Å²) < 4.78 is 0. The summed E-state index contributed by atoms with van der Waals surface area (Å²) in [5.74, 6) is -0.277. The Balaban J connectivity index is 2.20. The van der Waals surface area contributed by atoms with E-state index in [1.807, 2.05) is 31.2 Å². The lowest BCUT2D eigenvalue weighted by Crippen LogP contribution is -2.27. The summed E-state index contributed by atoms with van der Waals surface area (Å²) in [5.41, 5.74) is 8.72. The van der Waals surface area contributed by atoms with Crippen molar-refractivity contribution in [3.63, 3.8) is 0 Å². The lowest BCUT2D eigenvalue weighted by atomic mass is 10.1. The van der Waals surface area contributed by atoms with E-state index in [0.717, 1.165) is 11.1 Å². The van der Waals surface area contributed by atoms with Gasteiger partial charge >= 0.3 is 0 Å². The van der Waals surface area contributed by atoms with E-state index >= 15 is 0 Å². The number of nitrogens with one attached hydrogen (secondary N) is 1. The Morgan fingerprint density at radius 1 is 1.20 bits per heavy atom. The summed E-state index contributed by atoms with van der Waals surface area (Å²) in [6, 6.07) is 11.9. The number of aromatic hydroxyl groups is 1. The van der Waals surface area contributed by atoms with Gasteiger partial charge in [0.05, 0.1) is 5.69 Å². The van der Waals surface area contributed by atoms with E-state index in [0.29, 0.717) is 11.3 Å². The molecule has 4 nitrogen and oxygen atoms in total. The zero-order valence-electron chi connectivity index (χ0n) is 11.6. The molecule has 0 saturated carbocycles. The molecule has 2 aromatic carbocycles. The van der Waals surface area contributed by atoms with Crippen molar-refractivity contribution >= 4 is 11.6 Å². The smallest absolute Gasteiger partial charge is 0.245 e. The van der Waals surface area contributed by atoms with Gasteiger partial charge in [-0.3, -0.25) is 4.79 Å². The fourth-order valence-electron chi connectivity index (χ4n) is 2.08. The van der Waals surface area contributed by atoms with Gasteiger partial charge in [-0.2, -0.15) is 0 Å². The van der Waals surface area contributed by atoms with Crippen LogP contribution in [0.1, 0.15) is 22.7 Å². The van der Waals surface area contributed by atoms with Crippen molar-refractivity contribution < 1.29 is 9.90 Å². The first-order valence-corrected chi connectivity index (χ1v) is 6.40. The van der Waals surface area contributed by atoms with E-state index in [1.165, 1.54) is 0 Å². The van der Waals surface area contributed by atoms with Crippen molar-refractivity contribution in [3.8, 4) is 5.75 Å². The number of hydrogen-bond donors (Lipinski definition) is 3. The van der Waals surface area contributed by atoms with E-state index in [1.54, 1.807) is 25.1 Å². The Hall–Kier alpha value is -2.33. The van der Waals surface area contributed by atoms with Crippen molar-refractivity contribution in [2.45, 2.75) is 19.9 Å². The predicted octanol–water partition coefficient (Wildman–Crippen LogP) is 2.65. The minimum atomic E-state index is -0.767. The minimum Gasteiger partial charge on any atom is -0.505 e. The van der Waals surface area contributed by atoms with Crippen LogP contribution in [0.2, 0.25) is 0 Å². The van der Waals surface area contributed by atoms with Crippen LogP contribution < -0.4 is 11.1 Å². The Morgan fingerprint density at radius 3 is 2.50 bits per heavy atom. The van der Waals surface area contributed by atoms with Gasteiger partial charge in [0.2, 0.25) is 5.91 Å². The molecule has 0 unspecified atom stereocenters. The molecule has 0 aliphatic rings. The zero-order valence-corrected chi connectivity index (χ0v) is 11.6. The van der Waals surface area contributed by atoms with Crippen molar-refractivity contribution in [1.82, 2.24) is 0 Å². The van der Waals surface area contributed by atoms with Gasteiger partial charge in [-0.15, -0.1) is 0 Å². The van der Waals surface area contributed by atoms with Crippen LogP contribution >= 0.6 is 0 Å². The fraction of sp³-hybridized carbons (Fsp3) is 0.188. The molecule has 0 radical (unpaired) electrons. The number of rotatable bonds is 3. The highest BCUT2D eigenvalue weighted by Gasteiger charge is 2.17. The van der Waals surface area contributed by atoms with Gasteiger partial charge in [0, 0.05) is 0 Å². The van der Waals surface area contributed by atoms with Crippen molar-refractivity contribution in [1.29, 1.82) is 0 Å². The van der Waals surface area contributed by atoms with Crippen LogP contribution in [0.3, 0.4) is 0 Å². The van der Waals surface area contributed by atoms with Crippen LogP contribution in [0.5, 0.6) is 5.75 Å². The third kappa shape index (κ3) is 2.97. The van der Waals surface area contributed by atoms with Gasteiger partial charge in [0.1, 0.15) is 11.8 Å². The van der Waals surface area contributed by atoms with E-state index in [-0.39, 0.29) is 11.7 Å². The third-order valence-corrected chi connectivity index (χ3v) is 3.14. The first-order valence-electron chi connectivity index (χ1n) is 6.40. The number of hydrogen-bond acceptors (Lipinski definition) is 3. The highest BCUT2D eigenvalue weighted by Crippen LogP contribution is 2.29. The van der Waals surface area contributed by atoms with Gasteiger partial charge in [0.15, 0.2) is 0 Å². The number of benzene rings is 2. The SMILES string of the molecule is Cc1cc(C)c(O)c(NC(=O)[C@H](N)c2ccccc2)c1. The van der Waals surface area contributed by atoms with Crippen molar-refractivity contribution in [2.24, 2.45) is 5.73 Å². The minimum absolute atomic E-state index is 0.0733. The summed E-state index contributed by atoms with van der Waals surface area (Å²) in [4.78, 5) is 12.1. The van der Waals surface area contributed by atoms with Crippen molar-refractivity contribution in [2.75, 3.05) is 5.32 Å². The van der Waals surface area contributed by atoms with E-state index in [4.69, 9.17) is 5.73 Å². The van der Waals surface area contributed by atoms with Gasteiger partial charge in [-0.25, -0.2) is 0 Å². The van der Waals surface area contributed by atoms with Crippen LogP contribution in [0.15, 0.2) is 42.5 Å². The molecule has 0 aliphatic carbocycles. The van der Waals surface area contributed by atoms with Crippen LogP contribution in [0.4, 0.5) is 5.69 Å². The average Bonchev–Trinajstić information content (AvgIpc) is 2.44. The molecule has 4 heteroatoms. The number of phenolic OH excluding ortho intramolecular Hbond substituents is 1. The molecule has 0 saturated heterocycles. The molecule has 0 spiro atoms. The Bertz CT molecular complexity index is 624. The Kier molecular flexibility index (Phi) is 4.05. The van der Waals surface area contributed by atoms with Crippen LogP contribution in [-0.2, 0) is 4.79 Å². The van der Waals surface area contributed by atoms with Gasteiger partial charge in [-0.05, 0) is 36.6 Å². The molecule has 0 bridgehead atoms. The second-order valence-corrected chi connectivity index (χ2v) is 4.86. The summed E-state index contributed by atoms with van der Waals surface area (Å²) >= 11 is 0. The summed E-state index contributed by atoms with van der Waals surface area (Å²) in [7, 11) is 0. The molecule has 0 heterocycles. The zero-order chi connectivity index (χ0) is 14.7.